The van der Waals surface area contributed by atoms with Crippen molar-refractivity contribution in [1.29, 1.82) is 0 Å². The number of rotatable bonds is 2. The van der Waals surface area contributed by atoms with Crippen molar-refractivity contribution in [3.8, 4) is 0 Å². The van der Waals surface area contributed by atoms with Gasteiger partial charge in [-0.2, -0.15) is 0 Å². The maximum absolute atomic E-state index is 11.2. The lowest BCUT2D eigenvalue weighted by atomic mass is 9.80. The van der Waals surface area contributed by atoms with E-state index >= 15 is 0 Å². The Labute approximate surface area is 83.3 Å². The van der Waals surface area contributed by atoms with Gasteiger partial charge in [0.05, 0.1) is 4.90 Å². The zero-order chi connectivity index (χ0) is 10.9. The minimum Gasteiger partial charge on any atom is -0.423 e. The van der Waals surface area contributed by atoms with Gasteiger partial charge in [-0.15, -0.1) is 0 Å². The first kappa shape index (κ1) is 11.2. The number of hydrogen-bond donors (Lipinski definition) is 2. The van der Waals surface area contributed by atoms with Crippen LogP contribution in [0.5, 0.6) is 0 Å². The molecule has 1 rings (SSSR count). The number of hydrogen-bond acceptors (Lipinski definition) is 4. The Bertz CT molecular complexity index is 439. The first-order valence-electron chi connectivity index (χ1n) is 3.98. The molecule has 0 saturated heterocycles. The van der Waals surface area contributed by atoms with E-state index in [0.29, 0.717) is 5.56 Å². The Morgan fingerprint density at radius 2 is 1.79 bits per heavy atom. The Morgan fingerprint density at radius 1 is 1.21 bits per heavy atom. The minimum atomic E-state index is -3.30. The maximum Gasteiger partial charge on any atom is 0.488 e. The van der Waals surface area contributed by atoms with Gasteiger partial charge in [0.2, 0.25) is 0 Å². The van der Waals surface area contributed by atoms with Gasteiger partial charge in [-0.1, -0.05) is 11.6 Å². The van der Waals surface area contributed by atoms with Crippen LogP contribution in [0.25, 0.3) is 0 Å². The monoisotopic (exact) mass is 214 g/mol. The molecule has 0 spiro atoms. The highest BCUT2D eigenvalue weighted by atomic mass is 32.2. The van der Waals surface area contributed by atoms with E-state index in [9.17, 15) is 8.42 Å². The van der Waals surface area contributed by atoms with Gasteiger partial charge in [-0.25, -0.2) is 8.42 Å². The van der Waals surface area contributed by atoms with Crippen LogP contribution in [-0.2, 0) is 9.84 Å². The molecule has 1 aromatic carbocycles. The SMILES string of the molecule is Cc1cc(B(O)O)cc(S(C)(=O)=O)c1. The van der Waals surface area contributed by atoms with Crippen LogP contribution in [0.1, 0.15) is 5.56 Å². The molecule has 0 amide bonds. The van der Waals surface area contributed by atoms with Crippen LogP contribution >= 0.6 is 0 Å². The van der Waals surface area contributed by atoms with Crippen molar-refractivity contribution in [2.24, 2.45) is 0 Å². The standard InChI is InChI=1S/C8H11BO4S/c1-6-3-7(9(10)11)5-8(4-6)14(2,12)13/h3-5,10-11H,1-2H3. The molecule has 6 heteroatoms. The molecule has 0 saturated carbocycles. The molecule has 0 fully saturated rings. The van der Waals surface area contributed by atoms with Crippen molar-refractivity contribution in [2.75, 3.05) is 6.26 Å². The zero-order valence-corrected chi connectivity index (χ0v) is 8.75. The summed E-state index contributed by atoms with van der Waals surface area (Å²) in [5.74, 6) is 0. The Hall–Kier alpha value is -0.845. The van der Waals surface area contributed by atoms with Crippen molar-refractivity contribution >= 4 is 22.4 Å². The molecule has 0 unspecified atom stereocenters. The molecule has 14 heavy (non-hydrogen) atoms. The Balaban J connectivity index is 3.35. The summed E-state index contributed by atoms with van der Waals surface area (Å²) in [6.45, 7) is 1.69. The Kier molecular flexibility index (Phi) is 2.99. The van der Waals surface area contributed by atoms with Gasteiger partial charge in [0.15, 0.2) is 9.84 Å². The van der Waals surface area contributed by atoms with Crippen LogP contribution in [-0.4, -0.2) is 31.8 Å². The van der Waals surface area contributed by atoms with Crippen molar-refractivity contribution in [3.05, 3.63) is 23.8 Å². The van der Waals surface area contributed by atoms with Crippen molar-refractivity contribution < 1.29 is 18.5 Å². The highest BCUT2D eigenvalue weighted by Gasteiger charge is 2.15. The summed E-state index contributed by atoms with van der Waals surface area (Å²) in [4.78, 5) is 0.0978. The third-order valence-corrected chi connectivity index (χ3v) is 2.89. The molecule has 2 N–H and O–H groups in total. The van der Waals surface area contributed by atoms with Crippen molar-refractivity contribution in [1.82, 2.24) is 0 Å². The van der Waals surface area contributed by atoms with Gasteiger partial charge in [0, 0.05) is 6.26 Å². The smallest absolute Gasteiger partial charge is 0.423 e. The summed E-state index contributed by atoms with van der Waals surface area (Å²) >= 11 is 0. The summed E-state index contributed by atoms with van der Waals surface area (Å²) in [5.41, 5.74) is 0.862. The molecule has 0 atom stereocenters. The predicted molar refractivity (Wildman–Crippen MR) is 54.1 cm³/mol. The fourth-order valence-electron chi connectivity index (χ4n) is 1.14. The van der Waals surface area contributed by atoms with E-state index < -0.39 is 17.0 Å². The molecular formula is C8H11BO4S. The topological polar surface area (TPSA) is 74.6 Å². The quantitative estimate of drug-likeness (QED) is 0.624. The number of aryl methyl sites for hydroxylation is 1. The molecule has 76 valence electrons. The van der Waals surface area contributed by atoms with Crippen LogP contribution in [0.3, 0.4) is 0 Å². The second-order valence-electron chi connectivity index (χ2n) is 3.23. The second kappa shape index (κ2) is 3.72. The van der Waals surface area contributed by atoms with Crippen molar-refractivity contribution in [2.45, 2.75) is 11.8 Å². The molecule has 1 aromatic rings. The van der Waals surface area contributed by atoms with Gasteiger partial charge in [0.25, 0.3) is 0 Å². The zero-order valence-electron chi connectivity index (χ0n) is 7.93. The second-order valence-corrected chi connectivity index (χ2v) is 5.24. The van der Waals surface area contributed by atoms with Crippen LogP contribution in [0.2, 0.25) is 0 Å². The van der Waals surface area contributed by atoms with E-state index in [2.05, 4.69) is 0 Å². The van der Waals surface area contributed by atoms with Crippen LogP contribution in [0.15, 0.2) is 23.1 Å². The van der Waals surface area contributed by atoms with Gasteiger partial charge in [0.1, 0.15) is 0 Å². The largest absolute Gasteiger partial charge is 0.488 e. The number of benzene rings is 1. The maximum atomic E-state index is 11.2. The Morgan fingerprint density at radius 3 is 2.21 bits per heavy atom. The lowest BCUT2D eigenvalue weighted by Gasteiger charge is -2.04. The average molecular weight is 214 g/mol. The molecule has 0 bridgehead atoms. The van der Waals surface area contributed by atoms with Crippen LogP contribution in [0, 0.1) is 6.92 Å². The third kappa shape index (κ3) is 2.57. The molecule has 0 radical (unpaired) electrons. The minimum absolute atomic E-state index is 0.0978. The highest BCUT2D eigenvalue weighted by molar-refractivity contribution is 7.90. The van der Waals surface area contributed by atoms with Gasteiger partial charge < -0.3 is 10.0 Å². The van der Waals surface area contributed by atoms with E-state index in [-0.39, 0.29) is 10.4 Å². The summed E-state index contributed by atoms with van der Waals surface area (Å²) < 4.78 is 22.4. The lowest BCUT2D eigenvalue weighted by Crippen LogP contribution is -2.30. The normalized spacial score (nSPS) is 11.4. The molecular weight excluding hydrogens is 203 g/mol. The van der Waals surface area contributed by atoms with E-state index in [1.54, 1.807) is 6.92 Å². The molecule has 0 heterocycles. The van der Waals surface area contributed by atoms with Gasteiger partial charge in [-0.05, 0) is 24.5 Å². The molecule has 4 nitrogen and oxygen atoms in total. The van der Waals surface area contributed by atoms with E-state index in [1.807, 2.05) is 0 Å². The molecule has 0 aliphatic heterocycles. The van der Waals surface area contributed by atoms with E-state index in [0.717, 1.165) is 6.26 Å². The highest BCUT2D eigenvalue weighted by Crippen LogP contribution is 2.09. The first-order valence-corrected chi connectivity index (χ1v) is 5.87. The van der Waals surface area contributed by atoms with Gasteiger partial charge >= 0.3 is 7.12 Å². The lowest BCUT2D eigenvalue weighted by molar-refractivity contribution is 0.425. The van der Waals surface area contributed by atoms with Crippen LogP contribution < -0.4 is 5.46 Å². The molecule has 0 aromatic heterocycles. The van der Waals surface area contributed by atoms with Gasteiger partial charge in [-0.3, -0.25) is 0 Å². The fourth-order valence-corrected chi connectivity index (χ4v) is 1.89. The van der Waals surface area contributed by atoms with Crippen molar-refractivity contribution in [3.63, 3.8) is 0 Å². The van der Waals surface area contributed by atoms with Crippen LogP contribution in [0.4, 0.5) is 0 Å². The average Bonchev–Trinajstić information content (AvgIpc) is 2.01. The third-order valence-electron chi connectivity index (χ3n) is 1.80. The van der Waals surface area contributed by atoms with E-state index in [1.165, 1.54) is 18.2 Å². The number of sulfone groups is 1. The van der Waals surface area contributed by atoms with E-state index in [4.69, 9.17) is 10.0 Å². The summed E-state index contributed by atoms with van der Waals surface area (Å²) in [6, 6.07) is 4.27. The summed E-state index contributed by atoms with van der Waals surface area (Å²) in [7, 11) is -4.95. The first-order chi connectivity index (χ1) is 6.30. The summed E-state index contributed by atoms with van der Waals surface area (Å²) in [6.07, 6.45) is 1.08. The fraction of sp³-hybridized carbons (Fsp3) is 0.250. The molecule has 0 aliphatic carbocycles. The summed E-state index contributed by atoms with van der Waals surface area (Å²) in [5, 5.41) is 17.8. The molecule has 0 aliphatic rings. The predicted octanol–water partition coefficient (Wildman–Crippen LogP) is -0.922.